The summed E-state index contributed by atoms with van der Waals surface area (Å²) in [6.45, 7) is 0.0619. The van der Waals surface area contributed by atoms with Gasteiger partial charge < -0.3 is 16.2 Å². The molecule has 2 aromatic rings. The SMILES string of the molecule is NC(N)=NN=Cc1cccc(OCc2ccc(C(F)(F)F)cc2)c1Cl. The molecule has 4 N–H and O–H groups in total. The van der Waals surface area contributed by atoms with Gasteiger partial charge in [-0.25, -0.2) is 0 Å². The van der Waals surface area contributed by atoms with Gasteiger partial charge in [0.1, 0.15) is 12.4 Å². The molecule has 0 amide bonds. The standard InChI is InChI=1S/C16H14ClF3N4O/c17-14-11(8-23-24-15(21)22)2-1-3-13(14)25-9-10-4-6-12(7-5-10)16(18,19)20/h1-8H,9H2,(H4,21,22,24). The zero-order valence-electron chi connectivity index (χ0n) is 12.8. The van der Waals surface area contributed by atoms with E-state index in [4.69, 9.17) is 27.8 Å². The summed E-state index contributed by atoms with van der Waals surface area (Å²) < 4.78 is 43.2. The van der Waals surface area contributed by atoms with Crippen molar-refractivity contribution in [1.82, 2.24) is 0 Å². The summed E-state index contributed by atoms with van der Waals surface area (Å²) in [5, 5.41) is 7.40. The van der Waals surface area contributed by atoms with E-state index in [1.54, 1.807) is 18.2 Å². The number of ether oxygens (including phenoxy) is 1. The molecule has 0 atom stereocenters. The quantitative estimate of drug-likeness (QED) is 0.479. The number of rotatable bonds is 5. The molecule has 132 valence electrons. The van der Waals surface area contributed by atoms with E-state index < -0.39 is 11.7 Å². The molecular weight excluding hydrogens is 357 g/mol. The molecular formula is C16H14ClF3N4O. The van der Waals surface area contributed by atoms with Gasteiger partial charge >= 0.3 is 6.18 Å². The van der Waals surface area contributed by atoms with Crippen molar-refractivity contribution < 1.29 is 17.9 Å². The summed E-state index contributed by atoms with van der Waals surface area (Å²) in [5.74, 6) is 0.164. The topological polar surface area (TPSA) is 86.0 Å². The fourth-order valence-electron chi connectivity index (χ4n) is 1.85. The van der Waals surface area contributed by atoms with Gasteiger partial charge in [0.05, 0.1) is 16.8 Å². The van der Waals surface area contributed by atoms with Gasteiger partial charge in [-0.05, 0) is 23.8 Å². The lowest BCUT2D eigenvalue weighted by atomic mass is 10.1. The predicted octanol–water partition coefficient (Wildman–Crippen LogP) is 3.55. The first kappa shape index (κ1) is 18.6. The van der Waals surface area contributed by atoms with E-state index in [1.807, 2.05) is 0 Å². The largest absolute Gasteiger partial charge is 0.487 e. The third-order valence-corrected chi connectivity index (χ3v) is 3.44. The van der Waals surface area contributed by atoms with E-state index >= 15 is 0 Å². The Morgan fingerprint density at radius 2 is 1.80 bits per heavy atom. The van der Waals surface area contributed by atoms with Crippen LogP contribution < -0.4 is 16.2 Å². The second-order valence-corrected chi connectivity index (χ2v) is 5.29. The highest BCUT2D eigenvalue weighted by Crippen LogP contribution is 2.30. The van der Waals surface area contributed by atoms with Crippen LogP contribution in [0.4, 0.5) is 13.2 Å². The van der Waals surface area contributed by atoms with E-state index in [2.05, 4.69) is 10.2 Å². The molecule has 0 fully saturated rings. The number of nitrogens with zero attached hydrogens (tertiary/aromatic N) is 2. The van der Waals surface area contributed by atoms with Gasteiger partial charge in [0, 0.05) is 5.56 Å². The van der Waals surface area contributed by atoms with Crippen molar-refractivity contribution in [2.45, 2.75) is 12.8 Å². The normalized spacial score (nSPS) is 11.5. The highest BCUT2D eigenvalue weighted by atomic mass is 35.5. The van der Waals surface area contributed by atoms with E-state index in [9.17, 15) is 13.2 Å². The summed E-state index contributed by atoms with van der Waals surface area (Å²) in [7, 11) is 0. The molecule has 0 spiro atoms. The fourth-order valence-corrected chi connectivity index (χ4v) is 2.08. The van der Waals surface area contributed by atoms with Gasteiger partial charge in [-0.2, -0.15) is 18.3 Å². The van der Waals surface area contributed by atoms with Crippen LogP contribution in [0.3, 0.4) is 0 Å². The molecule has 2 aromatic carbocycles. The Kier molecular flexibility index (Phi) is 5.87. The number of hydrogen-bond donors (Lipinski definition) is 2. The third-order valence-electron chi connectivity index (χ3n) is 3.04. The zero-order valence-corrected chi connectivity index (χ0v) is 13.6. The van der Waals surface area contributed by atoms with E-state index in [1.165, 1.54) is 18.3 Å². The minimum atomic E-state index is -4.37. The van der Waals surface area contributed by atoms with Crippen LogP contribution in [0.25, 0.3) is 0 Å². The monoisotopic (exact) mass is 370 g/mol. The van der Waals surface area contributed by atoms with Gasteiger partial charge in [0.25, 0.3) is 0 Å². The maximum absolute atomic E-state index is 12.5. The molecule has 9 heteroatoms. The average molecular weight is 371 g/mol. The molecule has 2 rings (SSSR count). The maximum Gasteiger partial charge on any atom is 0.416 e. The van der Waals surface area contributed by atoms with Gasteiger partial charge in [-0.3, -0.25) is 0 Å². The lowest BCUT2D eigenvalue weighted by molar-refractivity contribution is -0.137. The van der Waals surface area contributed by atoms with Crippen LogP contribution in [0.5, 0.6) is 5.75 Å². The van der Waals surface area contributed by atoms with Crippen LogP contribution in [0, 0.1) is 0 Å². The first-order chi connectivity index (χ1) is 11.8. The van der Waals surface area contributed by atoms with Crippen molar-refractivity contribution in [3.05, 3.63) is 64.2 Å². The Hall–Kier alpha value is -2.74. The molecule has 0 aromatic heterocycles. The number of nitrogens with two attached hydrogens (primary N) is 2. The molecule has 0 saturated heterocycles. The van der Waals surface area contributed by atoms with Crippen molar-refractivity contribution in [3.63, 3.8) is 0 Å². The minimum Gasteiger partial charge on any atom is -0.487 e. The molecule has 0 radical (unpaired) electrons. The number of guanidine groups is 1. The first-order valence-electron chi connectivity index (χ1n) is 6.97. The highest BCUT2D eigenvalue weighted by Gasteiger charge is 2.29. The van der Waals surface area contributed by atoms with Gasteiger partial charge in [-0.1, -0.05) is 35.9 Å². The summed E-state index contributed by atoms with van der Waals surface area (Å²) >= 11 is 6.20. The minimum absolute atomic E-state index is 0.0619. The number of halogens is 4. The highest BCUT2D eigenvalue weighted by molar-refractivity contribution is 6.34. The number of alkyl halides is 3. The Morgan fingerprint density at radius 3 is 2.40 bits per heavy atom. The fraction of sp³-hybridized carbons (Fsp3) is 0.125. The summed E-state index contributed by atoms with van der Waals surface area (Å²) in [6, 6.07) is 9.69. The lowest BCUT2D eigenvalue weighted by Crippen LogP contribution is -2.21. The zero-order chi connectivity index (χ0) is 18.4. The number of hydrogen-bond acceptors (Lipinski definition) is 3. The molecule has 0 unspecified atom stereocenters. The van der Waals surface area contributed by atoms with Crippen molar-refractivity contribution >= 4 is 23.8 Å². The first-order valence-corrected chi connectivity index (χ1v) is 7.34. The van der Waals surface area contributed by atoms with E-state index in [0.29, 0.717) is 16.9 Å². The van der Waals surface area contributed by atoms with Gasteiger partial charge in [0.15, 0.2) is 0 Å². The van der Waals surface area contributed by atoms with Crippen LogP contribution in [0.2, 0.25) is 5.02 Å². The van der Waals surface area contributed by atoms with Crippen LogP contribution in [-0.2, 0) is 12.8 Å². The Bertz CT molecular complexity index is 785. The van der Waals surface area contributed by atoms with E-state index in [-0.39, 0.29) is 17.6 Å². The summed E-state index contributed by atoms with van der Waals surface area (Å²) in [4.78, 5) is 0. The summed E-state index contributed by atoms with van der Waals surface area (Å²) in [5.41, 5.74) is 10.7. The summed E-state index contributed by atoms with van der Waals surface area (Å²) in [6.07, 6.45) is -3.02. The number of benzene rings is 2. The van der Waals surface area contributed by atoms with Crippen LogP contribution in [-0.4, -0.2) is 12.2 Å². The maximum atomic E-state index is 12.5. The molecule has 0 saturated carbocycles. The van der Waals surface area contributed by atoms with Gasteiger partial charge in [0.2, 0.25) is 5.96 Å². The van der Waals surface area contributed by atoms with Crippen molar-refractivity contribution in [3.8, 4) is 5.75 Å². The van der Waals surface area contributed by atoms with Gasteiger partial charge in [-0.15, -0.1) is 5.10 Å². The Balaban J connectivity index is 2.08. The molecule has 0 aliphatic rings. The Morgan fingerprint density at radius 1 is 1.12 bits per heavy atom. The molecule has 0 aliphatic heterocycles. The lowest BCUT2D eigenvalue weighted by Gasteiger charge is -2.11. The Labute approximate surface area is 146 Å². The van der Waals surface area contributed by atoms with Crippen molar-refractivity contribution in [1.29, 1.82) is 0 Å². The van der Waals surface area contributed by atoms with Crippen LogP contribution in [0.15, 0.2) is 52.7 Å². The third kappa shape index (κ3) is 5.39. The van der Waals surface area contributed by atoms with Crippen molar-refractivity contribution in [2.24, 2.45) is 21.7 Å². The molecule has 0 aliphatic carbocycles. The smallest absolute Gasteiger partial charge is 0.416 e. The van der Waals surface area contributed by atoms with Crippen LogP contribution in [0.1, 0.15) is 16.7 Å². The van der Waals surface area contributed by atoms with Crippen LogP contribution >= 0.6 is 11.6 Å². The second kappa shape index (κ2) is 7.89. The predicted molar refractivity (Wildman–Crippen MR) is 90.6 cm³/mol. The molecule has 0 bridgehead atoms. The average Bonchev–Trinajstić information content (AvgIpc) is 2.54. The van der Waals surface area contributed by atoms with E-state index in [0.717, 1.165) is 12.1 Å². The molecule has 5 nitrogen and oxygen atoms in total. The van der Waals surface area contributed by atoms with Crippen molar-refractivity contribution in [2.75, 3.05) is 0 Å². The molecule has 25 heavy (non-hydrogen) atoms. The second-order valence-electron chi connectivity index (χ2n) is 4.91. The molecule has 0 heterocycles.